The summed E-state index contributed by atoms with van der Waals surface area (Å²) in [4.78, 5) is 11.6. The van der Waals surface area contributed by atoms with Gasteiger partial charge in [-0.15, -0.1) is 11.8 Å². The van der Waals surface area contributed by atoms with Gasteiger partial charge >= 0.3 is 0 Å². The monoisotopic (exact) mass is 166 g/mol. The van der Waals surface area contributed by atoms with Crippen molar-refractivity contribution in [3.63, 3.8) is 0 Å². The van der Waals surface area contributed by atoms with Crippen molar-refractivity contribution >= 4 is 18.0 Å². The molecule has 1 aromatic rings. The highest BCUT2D eigenvalue weighted by molar-refractivity contribution is 7.98. The fraction of sp³-hybridized carbons (Fsp3) is 0.222. The number of aryl methyl sites for hydroxylation is 1. The second kappa shape index (κ2) is 3.58. The van der Waals surface area contributed by atoms with E-state index in [1.165, 1.54) is 4.90 Å². The maximum atomic E-state index is 10.4. The average molecular weight is 166 g/mol. The Bertz CT molecular complexity index is 268. The van der Waals surface area contributed by atoms with Crippen LogP contribution in [-0.4, -0.2) is 12.5 Å². The number of carbonyl (C=O) groups is 1. The Morgan fingerprint density at radius 1 is 1.45 bits per heavy atom. The van der Waals surface area contributed by atoms with Crippen LogP contribution in [0.1, 0.15) is 15.9 Å². The molecule has 0 saturated carbocycles. The van der Waals surface area contributed by atoms with E-state index >= 15 is 0 Å². The Morgan fingerprint density at radius 2 is 2.18 bits per heavy atom. The zero-order chi connectivity index (χ0) is 8.27. The van der Waals surface area contributed by atoms with Gasteiger partial charge in [0.15, 0.2) is 0 Å². The highest BCUT2D eigenvalue weighted by atomic mass is 32.2. The minimum absolute atomic E-state index is 0.780. The van der Waals surface area contributed by atoms with E-state index in [0.717, 1.165) is 17.4 Å². The van der Waals surface area contributed by atoms with Crippen LogP contribution in [0.25, 0.3) is 0 Å². The van der Waals surface area contributed by atoms with Crippen LogP contribution < -0.4 is 0 Å². The zero-order valence-electron chi connectivity index (χ0n) is 6.63. The van der Waals surface area contributed by atoms with Gasteiger partial charge < -0.3 is 0 Å². The minimum atomic E-state index is 0.780. The third kappa shape index (κ3) is 1.84. The Hall–Kier alpha value is -0.760. The first kappa shape index (κ1) is 8.34. The maximum absolute atomic E-state index is 10.4. The molecule has 0 spiro atoms. The third-order valence-electron chi connectivity index (χ3n) is 1.60. The molecule has 2 heteroatoms. The van der Waals surface area contributed by atoms with Gasteiger partial charge in [-0.3, -0.25) is 4.79 Å². The van der Waals surface area contributed by atoms with Crippen LogP contribution in [0.15, 0.2) is 23.1 Å². The van der Waals surface area contributed by atoms with Gasteiger partial charge in [-0.05, 0) is 30.9 Å². The van der Waals surface area contributed by atoms with Crippen LogP contribution in [0.2, 0.25) is 0 Å². The number of hydrogen-bond donors (Lipinski definition) is 0. The van der Waals surface area contributed by atoms with Gasteiger partial charge in [0.05, 0.1) is 0 Å². The molecule has 0 radical (unpaired) electrons. The van der Waals surface area contributed by atoms with Gasteiger partial charge in [-0.1, -0.05) is 6.07 Å². The van der Waals surface area contributed by atoms with Gasteiger partial charge in [0.25, 0.3) is 0 Å². The largest absolute Gasteiger partial charge is 0.298 e. The van der Waals surface area contributed by atoms with E-state index in [0.29, 0.717) is 0 Å². The SMILES string of the molecule is CSc1ccc(C=O)c(C)c1. The summed E-state index contributed by atoms with van der Waals surface area (Å²) in [6, 6.07) is 5.84. The molecular weight excluding hydrogens is 156 g/mol. The van der Waals surface area contributed by atoms with Crippen molar-refractivity contribution < 1.29 is 4.79 Å². The standard InChI is InChI=1S/C9H10OS/c1-7-5-9(11-2)4-3-8(7)6-10/h3-6H,1-2H3. The smallest absolute Gasteiger partial charge is 0.150 e. The van der Waals surface area contributed by atoms with Crippen molar-refractivity contribution in [3.8, 4) is 0 Å². The third-order valence-corrected chi connectivity index (χ3v) is 2.33. The van der Waals surface area contributed by atoms with E-state index in [2.05, 4.69) is 0 Å². The van der Waals surface area contributed by atoms with Crippen molar-refractivity contribution in [1.29, 1.82) is 0 Å². The molecule has 0 atom stereocenters. The maximum Gasteiger partial charge on any atom is 0.150 e. The Labute approximate surface area is 70.8 Å². The van der Waals surface area contributed by atoms with Gasteiger partial charge in [0, 0.05) is 10.5 Å². The number of rotatable bonds is 2. The molecule has 0 aliphatic rings. The van der Waals surface area contributed by atoms with Crippen molar-refractivity contribution in [2.24, 2.45) is 0 Å². The first-order valence-corrected chi connectivity index (χ1v) is 4.60. The van der Waals surface area contributed by atoms with Gasteiger partial charge in [0.2, 0.25) is 0 Å². The number of thioether (sulfide) groups is 1. The van der Waals surface area contributed by atoms with Gasteiger partial charge in [0.1, 0.15) is 6.29 Å². The Balaban J connectivity index is 3.09. The number of carbonyl (C=O) groups excluding carboxylic acids is 1. The molecule has 1 nitrogen and oxygen atoms in total. The fourth-order valence-corrected chi connectivity index (χ4v) is 1.41. The van der Waals surface area contributed by atoms with Crippen LogP contribution in [0.4, 0.5) is 0 Å². The van der Waals surface area contributed by atoms with Crippen molar-refractivity contribution in [2.75, 3.05) is 6.26 Å². The zero-order valence-corrected chi connectivity index (χ0v) is 7.44. The summed E-state index contributed by atoms with van der Waals surface area (Å²) in [7, 11) is 0. The van der Waals surface area contributed by atoms with E-state index in [9.17, 15) is 4.79 Å². The first-order valence-electron chi connectivity index (χ1n) is 3.37. The van der Waals surface area contributed by atoms with Crippen molar-refractivity contribution in [1.82, 2.24) is 0 Å². The van der Waals surface area contributed by atoms with Crippen molar-refractivity contribution in [2.45, 2.75) is 11.8 Å². The molecule has 0 unspecified atom stereocenters. The summed E-state index contributed by atoms with van der Waals surface area (Å²) in [6.07, 6.45) is 2.91. The molecule has 0 bridgehead atoms. The number of hydrogen-bond acceptors (Lipinski definition) is 2. The molecule has 0 aliphatic carbocycles. The Kier molecular flexibility index (Phi) is 2.71. The van der Waals surface area contributed by atoms with Crippen LogP contribution in [0.3, 0.4) is 0 Å². The molecule has 1 rings (SSSR count). The fourth-order valence-electron chi connectivity index (χ4n) is 0.907. The molecular formula is C9H10OS. The van der Waals surface area contributed by atoms with Crippen molar-refractivity contribution in [3.05, 3.63) is 29.3 Å². The summed E-state index contributed by atoms with van der Waals surface area (Å²) >= 11 is 1.69. The van der Waals surface area contributed by atoms with Crippen LogP contribution >= 0.6 is 11.8 Å². The molecule has 58 valence electrons. The Morgan fingerprint density at radius 3 is 2.64 bits per heavy atom. The summed E-state index contributed by atoms with van der Waals surface area (Å²) in [5, 5.41) is 0. The van der Waals surface area contributed by atoms with Crippen LogP contribution in [-0.2, 0) is 0 Å². The first-order chi connectivity index (χ1) is 5.27. The lowest BCUT2D eigenvalue weighted by Crippen LogP contribution is -1.85. The lowest BCUT2D eigenvalue weighted by atomic mass is 10.1. The second-order valence-corrected chi connectivity index (χ2v) is 3.22. The predicted octanol–water partition coefficient (Wildman–Crippen LogP) is 2.53. The molecule has 1 aromatic carbocycles. The molecule has 11 heavy (non-hydrogen) atoms. The molecule has 0 aromatic heterocycles. The van der Waals surface area contributed by atoms with E-state index in [1.54, 1.807) is 11.8 Å². The van der Waals surface area contributed by atoms with Gasteiger partial charge in [-0.25, -0.2) is 0 Å². The van der Waals surface area contributed by atoms with E-state index in [4.69, 9.17) is 0 Å². The number of aldehydes is 1. The predicted molar refractivity (Wildman–Crippen MR) is 48.3 cm³/mol. The molecule has 0 heterocycles. The molecule has 0 saturated heterocycles. The summed E-state index contributed by atoms with van der Waals surface area (Å²) in [5.74, 6) is 0. The normalized spacial score (nSPS) is 9.64. The average Bonchev–Trinajstić information content (AvgIpc) is 2.04. The summed E-state index contributed by atoms with van der Waals surface area (Å²) in [6.45, 7) is 1.95. The second-order valence-electron chi connectivity index (χ2n) is 2.34. The van der Waals surface area contributed by atoms with Crippen LogP contribution in [0, 0.1) is 6.92 Å². The molecule has 0 fully saturated rings. The van der Waals surface area contributed by atoms with E-state index in [1.807, 2.05) is 31.4 Å². The lowest BCUT2D eigenvalue weighted by Gasteiger charge is -1.99. The van der Waals surface area contributed by atoms with E-state index in [-0.39, 0.29) is 0 Å². The molecule has 0 N–H and O–H groups in total. The number of benzene rings is 1. The van der Waals surface area contributed by atoms with Gasteiger partial charge in [-0.2, -0.15) is 0 Å². The molecule has 0 amide bonds. The van der Waals surface area contributed by atoms with Crippen LogP contribution in [0.5, 0.6) is 0 Å². The lowest BCUT2D eigenvalue weighted by molar-refractivity contribution is 0.112. The summed E-state index contributed by atoms with van der Waals surface area (Å²) < 4.78 is 0. The highest BCUT2D eigenvalue weighted by Gasteiger charge is 1.96. The highest BCUT2D eigenvalue weighted by Crippen LogP contribution is 2.17. The molecule has 0 aliphatic heterocycles. The summed E-state index contributed by atoms with van der Waals surface area (Å²) in [5.41, 5.74) is 1.83. The minimum Gasteiger partial charge on any atom is -0.298 e. The topological polar surface area (TPSA) is 17.1 Å². The quantitative estimate of drug-likeness (QED) is 0.496. The van der Waals surface area contributed by atoms with E-state index < -0.39 is 0 Å².